The number of halogens is 6. The van der Waals surface area contributed by atoms with Gasteiger partial charge >= 0.3 is 5.92 Å². The molecule has 7 nitrogen and oxygen atoms in total. The summed E-state index contributed by atoms with van der Waals surface area (Å²) in [7, 11) is 0. The largest absolute Gasteiger partial charge is 0.356 e. The van der Waals surface area contributed by atoms with Crippen LogP contribution >= 0.6 is 11.6 Å². The Morgan fingerprint density at radius 3 is 2.54 bits per heavy atom. The lowest BCUT2D eigenvalue weighted by atomic mass is 9.71. The van der Waals surface area contributed by atoms with Crippen molar-refractivity contribution < 1.29 is 41.1 Å². The highest BCUT2D eigenvalue weighted by Crippen LogP contribution is 2.50. The minimum Gasteiger partial charge on any atom is -0.356 e. The van der Waals surface area contributed by atoms with Crippen LogP contribution in [0.3, 0.4) is 0 Å². The molecule has 3 amide bonds. The van der Waals surface area contributed by atoms with Gasteiger partial charge in [0, 0.05) is 35.5 Å². The quantitative estimate of drug-likeness (QED) is 0.488. The molecule has 37 heavy (non-hydrogen) atoms. The second kappa shape index (κ2) is 10.2. The van der Waals surface area contributed by atoms with E-state index in [1.165, 1.54) is 12.1 Å². The Morgan fingerprint density at radius 1 is 1.22 bits per heavy atom. The second-order valence-electron chi connectivity index (χ2n) is 9.72. The van der Waals surface area contributed by atoms with Crippen molar-refractivity contribution in [3.05, 3.63) is 34.9 Å². The molecule has 1 aromatic carbocycles. The first kappa shape index (κ1) is 27.3. The number of fused-ring (bicyclic) bond motifs is 3. The average Bonchev–Trinajstić information content (AvgIpc) is 3.25. The minimum absolute atomic E-state index is 0.0174. The molecule has 0 radical (unpaired) electrons. The van der Waals surface area contributed by atoms with Crippen LogP contribution in [-0.4, -0.2) is 65.7 Å². The fourth-order valence-corrected chi connectivity index (χ4v) is 5.73. The number of nitrogens with zero attached hydrogens (tertiary/aromatic N) is 1. The Bertz CT molecular complexity index is 1100. The van der Waals surface area contributed by atoms with E-state index >= 15 is 8.78 Å². The summed E-state index contributed by atoms with van der Waals surface area (Å²) in [5, 5.41) is 4.65. The third-order valence-corrected chi connectivity index (χ3v) is 7.65. The van der Waals surface area contributed by atoms with E-state index in [2.05, 4.69) is 10.6 Å². The number of hydrogen-bond donors (Lipinski definition) is 2. The number of nitrogens with one attached hydrogen (secondary N) is 2. The normalized spacial score (nSPS) is 27.5. The van der Waals surface area contributed by atoms with E-state index in [9.17, 15) is 32.3 Å². The van der Waals surface area contributed by atoms with Crippen molar-refractivity contribution in [3.63, 3.8) is 0 Å². The third-order valence-electron chi connectivity index (χ3n) is 7.41. The van der Waals surface area contributed by atoms with Gasteiger partial charge in [-0.3, -0.25) is 19.2 Å². The zero-order valence-electron chi connectivity index (χ0n) is 19.5. The zero-order valence-corrected chi connectivity index (χ0v) is 20.2. The van der Waals surface area contributed by atoms with Gasteiger partial charge in [-0.15, -0.1) is 0 Å². The first-order valence-corrected chi connectivity index (χ1v) is 12.3. The van der Waals surface area contributed by atoms with E-state index in [-0.39, 0.29) is 24.3 Å². The summed E-state index contributed by atoms with van der Waals surface area (Å²) in [6.45, 7) is -1.19. The Balaban J connectivity index is 1.64. The summed E-state index contributed by atoms with van der Waals surface area (Å²) in [5.74, 6) is -14.7. The second-order valence-corrected chi connectivity index (χ2v) is 10.2. The number of carbonyl (C=O) groups is 4. The number of amides is 3. The third kappa shape index (κ3) is 5.17. The van der Waals surface area contributed by atoms with Crippen molar-refractivity contribution >= 4 is 35.1 Å². The Labute approximate surface area is 214 Å². The Hall–Kier alpha value is -2.76. The van der Waals surface area contributed by atoms with Gasteiger partial charge in [-0.1, -0.05) is 23.7 Å². The van der Waals surface area contributed by atoms with Crippen molar-refractivity contribution in [2.24, 2.45) is 11.8 Å². The standard InChI is InChI=1S/C24H25ClF5N3O4/c25-14-3-1-2-13(9-14)24(29,30)22(37)33-15-4-5-16(23(27,28)10-15)19(33)21(36)32-17(18(34)11-26)8-12-6-7-31-20(12)35/h1-3,9,12,15-17,19H,4-8,10-11H2,(H,31,35)(H,32,36)/t12-,15-,16-,17+,19+/m1/s1. The first-order valence-electron chi connectivity index (χ1n) is 11.9. The molecule has 2 bridgehead atoms. The van der Waals surface area contributed by atoms with Gasteiger partial charge in [-0.2, -0.15) is 8.78 Å². The predicted molar refractivity (Wildman–Crippen MR) is 121 cm³/mol. The maximum absolute atomic E-state index is 15.3. The van der Waals surface area contributed by atoms with Crippen LogP contribution in [0.5, 0.6) is 0 Å². The van der Waals surface area contributed by atoms with Crippen LogP contribution in [-0.2, 0) is 25.1 Å². The summed E-state index contributed by atoms with van der Waals surface area (Å²) in [5.41, 5.74) is -0.768. The molecule has 1 saturated carbocycles. The van der Waals surface area contributed by atoms with Gasteiger partial charge in [0.25, 0.3) is 11.8 Å². The van der Waals surface area contributed by atoms with Crippen molar-refractivity contribution in [1.82, 2.24) is 15.5 Å². The lowest BCUT2D eigenvalue weighted by molar-refractivity contribution is -0.207. The number of rotatable bonds is 8. The highest BCUT2D eigenvalue weighted by molar-refractivity contribution is 6.30. The van der Waals surface area contributed by atoms with Gasteiger partial charge in [-0.25, -0.2) is 13.2 Å². The van der Waals surface area contributed by atoms with Crippen LogP contribution in [0.15, 0.2) is 24.3 Å². The van der Waals surface area contributed by atoms with E-state index in [0.29, 0.717) is 17.9 Å². The molecule has 0 unspecified atom stereocenters. The van der Waals surface area contributed by atoms with Crippen molar-refractivity contribution in [2.75, 3.05) is 13.2 Å². The SMILES string of the molecule is O=C1NCC[C@@H]1C[C@H](NC(=O)[C@@H]1[C@H]2CC[C@H](CC2(F)F)N1C(=O)C(F)(F)c1cccc(Cl)c1)C(=O)CF. The van der Waals surface area contributed by atoms with Gasteiger partial charge in [0.05, 0.1) is 12.0 Å². The molecule has 1 aromatic rings. The van der Waals surface area contributed by atoms with Crippen molar-refractivity contribution in [1.29, 1.82) is 0 Å². The van der Waals surface area contributed by atoms with Crippen LogP contribution < -0.4 is 10.6 Å². The molecule has 4 aliphatic rings. The number of Topliss-reactive ketones (excluding diaryl/α,β-unsaturated/α-hetero) is 1. The molecular weight excluding hydrogens is 525 g/mol. The molecule has 2 N–H and O–H groups in total. The summed E-state index contributed by atoms with van der Waals surface area (Å²) in [6.07, 6.45) is -1.10. The molecule has 5 atom stereocenters. The number of ketones is 1. The molecule has 0 spiro atoms. The maximum Gasteiger partial charge on any atom is 0.350 e. The lowest BCUT2D eigenvalue weighted by Gasteiger charge is -2.54. The number of benzene rings is 1. The predicted octanol–water partition coefficient (Wildman–Crippen LogP) is 3.00. The smallest absolute Gasteiger partial charge is 0.350 e. The van der Waals surface area contributed by atoms with Crippen molar-refractivity contribution in [2.45, 2.75) is 62.1 Å². The van der Waals surface area contributed by atoms with Crippen LogP contribution in [0, 0.1) is 11.8 Å². The molecule has 3 aliphatic heterocycles. The van der Waals surface area contributed by atoms with Crippen LogP contribution in [0.25, 0.3) is 0 Å². The van der Waals surface area contributed by atoms with E-state index in [4.69, 9.17) is 11.6 Å². The van der Waals surface area contributed by atoms with Gasteiger partial charge in [-0.05, 0) is 37.8 Å². The molecule has 202 valence electrons. The Morgan fingerprint density at radius 2 is 1.95 bits per heavy atom. The Kier molecular flexibility index (Phi) is 7.51. The number of alkyl halides is 5. The number of piperidine rings is 2. The van der Waals surface area contributed by atoms with Gasteiger partial charge in [0.1, 0.15) is 12.7 Å². The minimum atomic E-state index is -4.19. The zero-order chi connectivity index (χ0) is 27.1. The molecule has 3 saturated heterocycles. The van der Waals surface area contributed by atoms with E-state index in [1.807, 2.05) is 0 Å². The van der Waals surface area contributed by atoms with Gasteiger partial charge in [0.15, 0.2) is 5.78 Å². The fraction of sp³-hybridized carbons (Fsp3) is 0.583. The summed E-state index contributed by atoms with van der Waals surface area (Å²) in [4.78, 5) is 51.1. The van der Waals surface area contributed by atoms with Crippen LogP contribution in [0.4, 0.5) is 22.0 Å². The van der Waals surface area contributed by atoms with Crippen LogP contribution in [0.1, 0.15) is 37.7 Å². The summed E-state index contributed by atoms with van der Waals surface area (Å²) >= 11 is 5.79. The van der Waals surface area contributed by atoms with Gasteiger partial charge < -0.3 is 15.5 Å². The maximum atomic E-state index is 15.3. The molecule has 13 heteroatoms. The number of hydrogen-bond acceptors (Lipinski definition) is 4. The molecular formula is C24H25ClF5N3O4. The average molecular weight is 550 g/mol. The molecule has 0 aromatic heterocycles. The highest BCUT2D eigenvalue weighted by atomic mass is 35.5. The molecule has 1 aliphatic carbocycles. The highest BCUT2D eigenvalue weighted by Gasteiger charge is 2.63. The van der Waals surface area contributed by atoms with E-state index < -0.39 is 84.0 Å². The summed E-state index contributed by atoms with van der Waals surface area (Å²) < 4.78 is 73.6. The first-order chi connectivity index (χ1) is 17.4. The van der Waals surface area contributed by atoms with Crippen molar-refractivity contribution in [3.8, 4) is 0 Å². The monoisotopic (exact) mass is 549 g/mol. The molecule has 5 rings (SSSR count). The lowest BCUT2D eigenvalue weighted by Crippen LogP contribution is -2.70. The number of carbonyl (C=O) groups excluding carboxylic acids is 4. The van der Waals surface area contributed by atoms with E-state index in [0.717, 1.165) is 12.1 Å². The van der Waals surface area contributed by atoms with E-state index in [1.54, 1.807) is 0 Å². The summed E-state index contributed by atoms with van der Waals surface area (Å²) in [6, 6.07) is -0.585. The molecule has 4 fully saturated rings. The topological polar surface area (TPSA) is 95.6 Å². The van der Waals surface area contributed by atoms with Crippen LogP contribution in [0.2, 0.25) is 5.02 Å². The van der Waals surface area contributed by atoms with Gasteiger partial charge in [0.2, 0.25) is 11.8 Å². The molecule has 3 heterocycles. The fourth-order valence-electron chi connectivity index (χ4n) is 5.54.